The third-order valence-electron chi connectivity index (χ3n) is 5.99. The predicted molar refractivity (Wildman–Crippen MR) is 124 cm³/mol. The smallest absolute Gasteiger partial charge is 0.329 e. The molecule has 172 valence electrons. The molecule has 0 fully saturated rings. The van der Waals surface area contributed by atoms with Crippen molar-refractivity contribution in [3.05, 3.63) is 77.4 Å². The molecule has 8 nitrogen and oxygen atoms in total. The summed E-state index contributed by atoms with van der Waals surface area (Å²) in [4.78, 5) is 34.1. The highest BCUT2D eigenvalue weighted by Gasteiger charge is 2.38. The van der Waals surface area contributed by atoms with Crippen LogP contribution in [0.3, 0.4) is 0 Å². The molecule has 0 N–H and O–H groups in total. The van der Waals surface area contributed by atoms with Crippen molar-refractivity contribution >= 4 is 17.6 Å². The molecular weight excluding hydrogens is 420 g/mol. The van der Waals surface area contributed by atoms with Crippen LogP contribution >= 0.6 is 0 Å². The van der Waals surface area contributed by atoms with E-state index in [9.17, 15) is 9.59 Å². The van der Waals surface area contributed by atoms with Crippen LogP contribution in [0.15, 0.2) is 54.9 Å². The molecule has 8 heteroatoms. The Morgan fingerprint density at radius 2 is 1.76 bits per heavy atom. The molecule has 1 aliphatic rings. The van der Waals surface area contributed by atoms with Gasteiger partial charge in [-0.25, -0.2) is 9.78 Å². The highest BCUT2D eigenvalue weighted by atomic mass is 16.5. The van der Waals surface area contributed by atoms with Crippen molar-refractivity contribution < 1.29 is 19.1 Å². The summed E-state index contributed by atoms with van der Waals surface area (Å²) in [5, 5.41) is 0. The zero-order valence-corrected chi connectivity index (χ0v) is 19.3. The monoisotopic (exact) mass is 448 g/mol. The number of hydrogen-bond donors (Lipinski definition) is 0. The van der Waals surface area contributed by atoms with Crippen LogP contribution < -0.4 is 9.64 Å². The van der Waals surface area contributed by atoms with Crippen LogP contribution in [0.2, 0.25) is 0 Å². The molecule has 2 aromatic carbocycles. The molecule has 2 heterocycles. The number of methoxy groups -OCH3 is 2. The molecule has 0 saturated heterocycles. The van der Waals surface area contributed by atoms with Gasteiger partial charge in [0.05, 0.1) is 38.5 Å². The number of benzene rings is 2. The lowest BCUT2D eigenvalue weighted by Crippen LogP contribution is -2.49. The molecule has 0 spiro atoms. The molecule has 1 aromatic heterocycles. The maximum absolute atomic E-state index is 13.4. The zero-order chi connectivity index (χ0) is 23.5. The van der Waals surface area contributed by atoms with E-state index in [-0.39, 0.29) is 12.5 Å². The molecule has 0 unspecified atom stereocenters. The standard InChI is InChI=1S/C25H28N4O4/c1-27(2)19-9-7-18(8-10-19)24(30)29-15-23-21(13-22(29)25(31)33-4)26-16-28(23)14-17-5-11-20(32-3)12-6-17/h5-12,16,22H,13-15H2,1-4H3/t22-/m0/s1. The van der Waals surface area contributed by atoms with Crippen molar-refractivity contribution in [2.45, 2.75) is 25.6 Å². The number of amides is 1. The number of imidazole rings is 1. The number of esters is 1. The Morgan fingerprint density at radius 1 is 1.06 bits per heavy atom. The summed E-state index contributed by atoms with van der Waals surface area (Å²) in [7, 11) is 6.87. The second kappa shape index (κ2) is 9.36. The lowest BCUT2D eigenvalue weighted by atomic mass is 10.0. The van der Waals surface area contributed by atoms with E-state index in [0.29, 0.717) is 18.5 Å². The Balaban J connectivity index is 1.62. The number of ether oxygens (including phenoxy) is 2. The summed E-state index contributed by atoms with van der Waals surface area (Å²) in [5.74, 6) is 0.145. The van der Waals surface area contributed by atoms with E-state index in [4.69, 9.17) is 9.47 Å². The minimum atomic E-state index is -0.715. The molecule has 0 bridgehead atoms. The SMILES string of the molecule is COC(=O)[C@@H]1Cc2ncn(Cc3ccc(OC)cc3)c2CN1C(=O)c1ccc(N(C)C)cc1. The van der Waals surface area contributed by atoms with E-state index in [2.05, 4.69) is 4.98 Å². The van der Waals surface area contributed by atoms with E-state index < -0.39 is 12.0 Å². The normalized spacial score (nSPS) is 15.0. The van der Waals surface area contributed by atoms with Crippen LogP contribution in [0.25, 0.3) is 0 Å². The minimum absolute atomic E-state index is 0.210. The van der Waals surface area contributed by atoms with E-state index in [1.165, 1.54) is 7.11 Å². The molecule has 3 aromatic rings. The average molecular weight is 449 g/mol. The van der Waals surface area contributed by atoms with Crippen LogP contribution in [0, 0.1) is 0 Å². The van der Waals surface area contributed by atoms with Crippen LogP contribution in [0.5, 0.6) is 5.75 Å². The second-order valence-electron chi connectivity index (χ2n) is 8.23. The first-order chi connectivity index (χ1) is 15.9. The van der Waals surface area contributed by atoms with Crippen LogP contribution in [-0.4, -0.2) is 60.7 Å². The Hall–Kier alpha value is -3.81. The number of rotatable bonds is 6. The number of nitrogens with zero attached hydrogens (tertiary/aromatic N) is 4. The van der Waals surface area contributed by atoms with Gasteiger partial charge in [0.15, 0.2) is 0 Å². The number of carbonyl (C=O) groups excluding carboxylic acids is 2. The molecule has 1 atom stereocenters. The molecule has 1 amide bonds. The van der Waals surface area contributed by atoms with Gasteiger partial charge in [-0.2, -0.15) is 0 Å². The van der Waals surface area contributed by atoms with Crippen molar-refractivity contribution in [2.75, 3.05) is 33.2 Å². The summed E-state index contributed by atoms with van der Waals surface area (Å²) < 4.78 is 12.3. The Bertz CT molecular complexity index is 1140. The Morgan fingerprint density at radius 3 is 2.36 bits per heavy atom. The number of aromatic nitrogens is 2. The average Bonchev–Trinajstić information content (AvgIpc) is 3.24. The third kappa shape index (κ3) is 4.55. The van der Waals surface area contributed by atoms with Gasteiger partial charge in [-0.3, -0.25) is 4.79 Å². The quantitative estimate of drug-likeness (QED) is 0.540. The third-order valence-corrected chi connectivity index (χ3v) is 5.99. The van der Waals surface area contributed by atoms with Crippen molar-refractivity contribution in [3.63, 3.8) is 0 Å². The zero-order valence-electron chi connectivity index (χ0n) is 19.3. The first-order valence-corrected chi connectivity index (χ1v) is 10.7. The van der Waals surface area contributed by atoms with Crippen molar-refractivity contribution in [1.29, 1.82) is 0 Å². The van der Waals surface area contributed by atoms with Crippen molar-refractivity contribution in [3.8, 4) is 5.75 Å². The van der Waals surface area contributed by atoms with Gasteiger partial charge in [-0.1, -0.05) is 12.1 Å². The van der Waals surface area contributed by atoms with E-state index >= 15 is 0 Å². The Labute approximate surface area is 193 Å². The topological polar surface area (TPSA) is 76.9 Å². The van der Waals surface area contributed by atoms with Crippen molar-refractivity contribution in [1.82, 2.24) is 14.5 Å². The largest absolute Gasteiger partial charge is 0.497 e. The molecule has 1 aliphatic heterocycles. The molecule has 0 radical (unpaired) electrons. The van der Waals surface area contributed by atoms with E-state index in [1.54, 1.807) is 30.5 Å². The molecular formula is C25H28N4O4. The van der Waals surface area contributed by atoms with Gasteiger partial charge in [0.1, 0.15) is 11.8 Å². The fourth-order valence-electron chi connectivity index (χ4n) is 4.06. The summed E-state index contributed by atoms with van der Waals surface area (Å²) in [6, 6.07) is 14.5. The first-order valence-electron chi connectivity index (χ1n) is 10.7. The van der Waals surface area contributed by atoms with Gasteiger partial charge in [0.2, 0.25) is 0 Å². The van der Waals surface area contributed by atoms with Gasteiger partial charge >= 0.3 is 5.97 Å². The minimum Gasteiger partial charge on any atom is -0.497 e. The summed E-state index contributed by atoms with van der Waals surface area (Å²) in [6.07, 6.45) is 2.09. The van der Waals surface area contributed by atoms with Gasteiger partial charge in [0.25, 0.3) is 5.91 Å². The fourth-order valence-corrected chi connectivity index (χ4v) is 4.06. The van der Waals surface area contributed by atoms with Crippen LogP contribution in [-0.2, 0) is 29.0 Å². The number of fused-ring (bicyclic) bond motifs is 1. The highest BCUT2D eigenvalue weighted by molar-refractivity contribution is 5.97. The fraction of sp³-hybridized carbons (Fsp3) is 0.320. The Kier molecular flexibility index (Phi) is 6.35. The molecule has 33 heavy (non-hydrogen) atoms. The highest BCUT2D eigenvalue weighted by Crippen LogP contribution is 2.27. The van der Waals surface area contributed by atoms with Crippen molar-refractivity contribution in [2.24, 2.45) is 0 Å². The lowest BCUT2D eigenvalue weighted by molar-refractivity contribution is -0.146. The van der Waals surface area contributed by atoms with Crippen LogP contribution in [0.4, 0.5) is 5.69 Å². The maximum Gasteiger partial charge on any atom is 0.329 e. The van der Waals surface area contributed by atoms with Gasteiger partial charge < -0.3 is 23.8 Å². The van der Waals surface area contributed by atoms with Gasteiger partial charge in [0, 0.05) is 38.3 Å². The predicted octanol–water partition coefficient (Wildman–Crippen LogP) is 2.75. The van der Waals surface area contributed by atoms with Crippen LogP contribution in [0.1, 0.15) is 27.3 Å². The van der Waals surface area contributed by atoms with E-state index in [1.807, 2.05) is 60.0 Å². The second-order valence-corrected chi connectivity index (χ2v) is 8.23. The first kappa shape index (κ1) is 22.4. The van der Waals surface area contributed by atoms with E-state index in [0.717, 1.165) is 28.4 Å². The van der Waals surface area contributed by atoms with Gasteiger partial charge in [-0.05, 0) is 42.0 Å². The summed E-state index contributed by atoms with van der Waals surface area (Å²) in [6.45, 7) is 0.883. The lowest BCUT2D eigenvalue weighted by Gasteiger charge is -2.34. The number of hydrogen-bond acceptors (Lipinski definition) is 6. The number of anilines is 1. The summed E-state index contributed by atoms with van der Waals surface area (Å²) in [5.41, 5.74) is 4.34. The summed E-state index contributed by atoms with van der Waals surface area (Å²) >= 11 is 0. The maximum atomic E-state index is 13.4. The molecule has 4 rings (SSSR count). The molecule has 0 aliphatic carbocycles. The molecule has 0 saturated carbocycles. The van der Waals surface area contributed by atoms with Gasteiger partial charge in [-0.15, -0.1) is 0 Å². The number of carbonyl (C=O) groups is 2.